The van der Waals surface area contributed by atoms with Crippen molar-refractivity contribution in [1.82, 2.24) is 4.98 Å². The van der Waals surface area contributed by atoms with E-state index in [0.717, 1.165) is 5.69 Å². The molecule has 12 heavy (non-hydrogen) atoms. The van der Waals surface area contributed by atoms with Gasteiger partial charge in [0.25, 0.3) is 0 Å². The largest absolute Gasteiger partial charge is 0.265 e. The smallest absolute Gasteiger partial charge is 0.211 e. The third-order valence-electron chi connectivity index (χ3n) is 1.62. The van der Waals surface area contributed by atoms with Gasteiger partial charge in [-0.15, -0.1) is 0 Å². The van der Waals surface area contributed by atoms with Gasteiger partial charge in [-0.2, -0.15) is 0 Å². The topological polar surface area (TPSA) is 56.0 Å². The number of nitrogens with zero attached hydrogens (tertiary/aromatic N) is 2. The lowest BCUT2D eigenvalue weighted by Gasteiger charge is -2.03. The molecule has 1 heterocycles. The average Bonchev–Trinajstić information content (AvgIpc) is 2.05. The summed E-state index contributed by atoms with van der Waals surface area (Å²) in [6, 6.07) is 5.43. The molecule has 1 atom stereocenters. The Morgan fingerprint density at radius 3 is 2.92 bits per heavy atom. The zero-order valence-corrected chi connectivity index (χ0v) is 6.80. The second kappa shape index (κ2) is 3.80. The summed E-state index contributed by atoms with van der Waals surface area (Å²) < 4.78 is 0. The van der Waals surface area contributed by atoms with Crippen LogP contribution >= 0.6 is 0 Å². The minimum absolute atomic E-state index is 0.0585. The summed E-state index contributed by atoms with van der Waals surface area (Å²) in [5, 5.41) is 10.2. The van der Waals surface area contributed by atoms with Crippen molar-refractivity contribution >= 4 is 0 Å². The lowest BCUT2D eigenvalue weighted by atomic mass is 10.1. The zero-order valence-electron chi connectivity index (χ0n) is 6.80. The first-order chi connectivity index (χ1) is 5.70. The number of nitro groups is 1. The first kappa shape index (κ1) is 8.64. The maximum Gasteiger partial charge on any atom is 0.211 e. The van der Waals surface area contributed by atoms with Gasteiger partial charge in [-0.1, -0.05) is 13.0 Å². The molecule has 64 valence electrons. The molecule has 0 saturated carbocycles. The fourth-order valence-corrected chi connectivity index (χ4v) is 0.985. The molecule has 0 aromatic carbocycles. The maximum atomic E-state index is 10.2. The van der Waals surface area contributed by atoms with Gasteiger partial charge in [0, 0.05) is 16.8 Å². The van der Waals surface area contributed by atoms with Gasteiger partial charge in [0.05, 0.1) is 5.92 Å². The van der Waals surface area contributed by atoms with Gasteiger partial charge in [0.1, 0.15) is 0 Å². The molecule has 0 fully saturated rings. The van der Waals surface area contributed by atoms with Crippen LogP contribution in [0.5, 0.6) is 0 Å². The van der Waals surface area contributed by atoms with Crippen molar-refractivity contribution in [3.8, 4) is 0 Å². The van der Waals surface area contributed by atoms with E-state index in [4.69, 9.17) is 0 Å². The highest BCUT2D eigenvalue weighted by Gasteiger charge is 2.11. The quantitative estimate of drug-likeness (QED) is 0.504. The predicted molar refractivity (Wildman–Crippen MR) is 44.5 cm³/mol. The Morgan fingerprint density at radius 2 is 2.42 bits per heavy atom. The molecular weight excluding hydrogens is 156 g/mol. The van der Waals surface area contributed by atoms with Crippen molar-refractivity contribution in [3.05, 3.63) is 40.2 Å². The summed E-state index contributed by atoms with van der Waals surface area (Å²) >= 11 is 0. The van der Waals surface area contributed by atoms with E-state index in [0.29, 0.717) is 0 Å². The summed E-state index contributed by atoms with van der Waals surface area (Å²) in [5.41, 5.74) is 0.772. The number of hydrogen-bond donors (Lipinski definition) is 0. The molecular formula is C8H10N2O2. The molecule has 0 radical (unpaired) electrons. The molecule has 0 saturated heterocycles. The van der Waals surface area contributed by atoms with E-state index >= 15 is 0 Å². The van der Waals surface area contributed by atoms with E-state index in [1.54, 1.807) is 25.3 Å². The highest BCUT2D eigenvalue weighted by Crippen LogP contribution is 2.10. The van der Waals surface area contributed by atoms with Gasteiger partial charge in [-0.05, 0) is 12.1 Å². The summed E-state index contributed by atoms with van der Waals surface area (Å²) in [5.74, 6) is -0.110. The Bertz CT molecular complexity index is 261. The predicted octanol–water partition coefficient (Wildman–Crippen LogP) is 1.46. The second-order valence-corrected chi connectivity index (χ2v) is 2.67. The lowest BCUT2D eigenvalue weighted by Crippen LogP contribution is -2.10. The van der Waals surface area contributed by atoms with E-state index in [9.17, 15) is 10.1 Å². The SMILES string of the molecule is CC(C[N+](=O)[O-])c1ccccn1. The molecule has 4 nitrogen and oxygen atoms in total. The highest BCUT2D eigenvalue weighted by molar-refractivity contribution is 5.08. The molecule has 1 aromatic rings. The van der Waals surface area contributed by atoms with E-state index in [1.807, 2.05) is 6.07 Å². The monoisotopic (exact) mass is 166 g/mol. The van der Waals surface area contributed by atoms with Crippen molar-refractivity contribution in [2.75, 3.05) is 6.54 Å². The second-order valence-electron chi connectivity index (χ2n) is 2.67. The minimum Gasteiger partial charge on any atom is -0.265 e. The van der Waals surface area contributed by atoms with E-state index < -0.39 is 0 Å². The normalized spacial score (nSPS) is 12.4. The Balaban J connectivity index is 2.65. The van der Waals surface area contributed by atoms with Crippen LogP contribution in [0.3, 0.4) is 0 Å². The summed E-state index contributed by atoms with van der Waals surface area (Å²) in [6.45, 7) is 1.74. The number of aromatic nitrogens is 1. The van der Waals surface area contributed by atoms with E-state index in [1.165, 1.54) is 0 Å². The van der Waals surface area contributed by atoms with Gasteiger partial charge in [-0.3, -0.25) is 15.1 Å². The summed E-state index contributed by atoms with van der Waals surface area (Å²) in [6.07, 6.45) is 1.64. The molecule has 4 heteroatoms. The molecule has 0 spiro atoms. The Morgan fingerprint density at radius 1 is 1.67 bits per heavy atom. The zero-order chi connectivity index (χ0) is 8.97. The fourth-order valence-electron chi connectivity index (χ4n) is 0.985. The van der Waals surface area contributed by atoms with Crippen LogP contribution in [0, 0.1) is 10.1 Å². The summed E-state index contributed by atoms with van der Waals surface area (Å²) in [4.78, 5) is 13.9. The fraction of sp³-hybridized carbons (Fsp3) is 0.375. The van der Waals surface area contributed by atoms with Crippen LogP contribution in [0.2, 0.25) is 0 Å². The van der Waals surface area contributed by atoms with E-state index in [2.05, 4.69) is 4.98 Å². The first-order valence-corrected chi connectivity index (χ1v) is 3.73. The number of pyridine rings is 1. The van der Waals surface area contributed by atoms with Crippen LogP contribution in [0.4, 0.5) is 0 Å². The standard InChI is InChI=1S/C8H10N2O2/c1-7(6-10(11)12)8-4-2-3-5-9-8/h2-5,7H,6H2,1H3. The van der Waals surface area contributed by atoms with Crippen molar-refractivity contribution in [1.29, 1.82) is 0 Å². The number of rotatable bonds is 3. The maximum absolute atomic E-state index is 10.2. The van der Waals surface area contributed by atoms with Crippen molar-refractivity contribution in [2.45, 2.75) is 12.8 Å². The molecule has 1 rings (SSSR count). The molecule has 1 aromatic heterocycles. The molecule has 0 aliphatic rings. The minimum atomic E-state index is -0.320. The molecule has 0 amide bonds. The summed E-state index contributed by atoms with van der Waals surface area (Å²) in [7, 11) is 0. The van der Waals surface area contributed by atoms with Crippen molar-refractivity contribution in [2.24, 2.45) is 0 Å². The van der Waals surface area contributed by atoms with Crippen LogP contribution in [0.1, 0.15) is 18.5 Å². The van der Waals surface area contributed by atoms with Crippen LogP contribution in [-0.4, -0.2) is 16.5 Å². The van der Waals surface area contributed by atoms with Crippen molar-refractivity contribution < 1.29 is 4.92 Å². The molecule has 0 aliphatic carbocycles. The van der Waals surface area contributed by atoms with Gasteiger partial charge in [0.15, 0.2) is 0 Å². The van der Waals surface area contributed by atoms with Gasteiger partial charge >= 0.3 is 0 Å². The molecule has 1 unspecified atom stereocenters. The van der Waals surface area contributed by atoms with Gasteiger partial charge in [-0.25, -0.2) is 0 Å². The lowest BCUT2D eigenvalue weighted by molar-refractivity contribution is -0.482. The molecule has 0 N–H and O–H groups in total. The van der Waals surface area contributed by atoms with Crippen LogP contribution in [-0.2, 0) is 0 Å². The van der Waals surface area contributed by atoms with Gasteiger partial charge in [0.2, 0.25) is 6.54 Å². The third kappa shape index (κ3) is 2.30. The Hall–Kier alpha value is -1.45. The van der Waals surface area contributed by atoms with Crippen molar-refractivity contribution in [3.63, 3.8) is 0 Å². The molecule has 0 aliphatic heterocycles. The third-order valence-corrected chi connectivity index (χ3v) is 1.62. The van der Waals surface area contributed by atoms with Gasteiger partial charge < -0.3 is 0 Å². The van der Waals surface area contributed by atoms with Crippen LogP contribution in [0.25, 0.3) is 0 Å². The Labute approximate surface area is 70.4 Å². The highest BCUT2D eigenvalue weighted by atomic mass is 16.6. The van der Waals surface area contributed by atoms with Crippen LogP contribution in [0.15, 0.2) is 24.4 Å². The number of hydrogen-bond acceptors (Lipinski definition) is 3. The van der Waals surface area contributed by atoms with Crippen LogP contribution < -0.4 is 0 Å². The molecule has 0 bridgehead atoms. The Kier molecular flexibility index (Phi) is 2.74. The average molecular weight is 166 g/mol. The van der Waals surface area contributed by atoms with E-state index in [-0.39, 0.29) is 17.4 Å². The first-order valence-electron chi connectivity index (χ1n) is 3.73.